The van der Waals surface area contributed by atoms with Crippen LogP contribution in [0.25, 0.3) is 0 Å². The number of hydrogen-bond acceptors (Lipinski definition) is 3. The fourth-order valence-corrected chi connectivity index (χ4v) is 1.46. The van der Waals surface area contributed by atoms with Gasteiger partial charge in [-0.1, -0.05) is 19.1 Å². The second-order valence-corrected chi connectivity index (χ2v) is 3.10. The minimum absolute atomic E-state index is 0.149. The first-order valence-electron chi connectivity index (χ1n) is 4.60. The monoisotopic (exact) mass is 194 g/mol. The number of hydrogen-bond donors (Lipinski definition) is 1. The number of nitrogens with one attached hydrogen (secondary N) is 1. The van der Waals surface area contributed by atoms with E-state index in [1.165, 1.54) is 6.07 Å². The Kier molecular flexibility index (Phi) is 3.59. The van der Waals surface area contributed by atoms with E-state index in [0.717, 1.165) is 12.0 Å². The van der Waals surface area contributed by atoms with Gasteiger partial charge >= 0.3 is 0 Å². The zero-order valence-corrected chi connectivity index (χ0v) is 8.36. The molecule has 14 heavy (non-hydrogen) atoms. The number of nitro groups is 1. The maximum absolute atomic E-state index is 10.5. The quantitative estimate of drug-likeness (QED) is 0.590. The molecule has 1 atom stereocenters. The van der Waals surface area contributed by atoms with Crippen LogP contribution >= 0.6 is 0 Å². The molecule has 0 aromatic heterocycles. The van der Waals surface area contributed by atoms with E-state index in [0.29, 0.717) is 0 Å². The van der Waals surface area contributed by atoms with Crippen LogP contribution in [0.2, 0.25) is 0 Å². The van der Waals surface area contributed by atoms with Gasteiger partial charge in [-0.15, -0.1) is 0 Å². The lowest BCUT2D eigenvalue weighted by molar-refractivity contribution is -0.384. The van der Waals surface area contributed by atoms with Gasteiger partial charge in [0.2, 0.25) is 0 Å². The predicted octanol–water partition coefficient (Wildman–Crippen LogP) is 2.27. The van der Waals surface area contributed by atoms with Crippen LogP contribution < -0.4 is 5.32 Å². The molecule has 1 N–H and O–H groups in total. The van der Waals surface area contributed by atoms with Gasteiger partial charge in [-0.2, -0.15) is 0 Å². The first kappa shape index (κ1) is 10.7. The molecule has 4 heteroatoms. The average molecular weight is 194 g/mol. The summed E-state index contributed by atoms with van der Waals surface area (Å²) in [7, 11) is 1.85. The van der Waals surface area contributed by atoms with Crippen LogP contribution in [-0.4, -0.2) is 12.0 Å². The maximum Gasteiger partial charge on any atom is 0.269 e. The molecule has 0 aliphatic heterocycles. The van der Waals surface area contributed by atoms with E-state index in [1.807, 2.05) is 20.0 Å². The number of nitro benzene ring substituents is 1. The zero-order valence-electron chi connectivity index (χ0n) is 8.36. The van der Waals surface area contributed by atoms with Crippen LogP contribution in [0.15, 0.2) is 24.3 Å². The fraction of sp³-hybridized carbons (Fsp3) is 0.400. The van der Waals surface area contributed by atoms with Gasteiger partial charge in [0.05, 0.1) is 4.92 Å². The minimum atomic E-state index is -0.369. The molecule has 0 amide bonds. The lowest BCUT2D eigenvalue weighted by Crippen LogP contribution is -2.15. The second-order valence-electron chi connectivity index (χ2n) is 3.10. The molecule has 1 rings (SSSR count). The Balaban J connectivity index is 2.98. The highest BCUT2D eigenvalue weighted by Gasteiger charge is 2.10. The standard InChI is InChI=1S/C10H14N2O2/c1-3-10(11-2)8-5-4-6-9(7-8)12(13)14/h4-7,10-11H,3H2,1-2H3. The summed E-state index contributed by atoms with van der Waals surface area (Å²) >= 11 is 0. The van der Waals surface area contributed by atoms with Gasteiger partial charge in [0, 0.05) is 18.2 Å². The summed E-state index contributed by atoms with van der Waals surface area (Å²) in [5, 5.41) is 13.6. The van der Waals surface area contributed by atoms with Crippen LogP contribution in [0.1, 0.15) is 24.9 Å². The van der Waals surface area contributed by atoms with E-state index in [2.05, 4.69) is 5.32 Å². The van der Waals surface area contributed by atoms with Crippen LogP contribution in [0.5, 0.6) is 0 Å². The number of non-ortho nitro benzene ring substituents is 1. The summed E-state index contributed by atoms with van der Waals surface area (Å²) in [5.74, 6) is 0. The lowest BCUT2D eigenvalue weighted by atomic mass is 10.0. The Morgan fingerprint density at radius 1 is 1.57 bits per heavy atom. The summed E-state index contributed by atoms with van der Waals surface area (Å²) < 4.78 is 0. The molecule has 0 aliphatic carbocycles. The van der Waals surface area contributed by atoms with Crippen LogP contribution in [0.4, 0.5) is 5.69 Å². The molecule has 1 aromatic carbocycles. The molecule has 0 fully saturated rings. The number of benzene rings is 1. The minimum Gasteiger partial charge on any atom is -0.313 e. The van der Waals surface area contributed by atoms with Crippen molar-refractivity contribution in [3.8, 4) is 0 Å². The Bertz CT molecular complexity index is 322. The fourth-order valence-electron chi connectivity index (χ4n) is 1.46. The molecule has 4 nitrogen and oxygen atoms in total. The van der Waals surface area contributed by atoms with E-state index in [1.54, 1.807) is 12.1 Å². The Morgan fingerprint density at radius 3 is 2.79 bits per heavy atom. The molecule has 0 aliphatic rings. The highest BCUT2D eigenvalue weighted by atomic mass is 16.6. The van der Waals surface area contributed by atoms with Gasteiger partial charge in [0.15, 0.2) is 0 Å². The van der Waals surface area contributed by atoms with Crippen molar-refractivity contribution in [3.05, 3.63) is 39.9 Å². The molecular weight excluding hydrogens is 180 g/mol. The van der Waals surface area contributed by atoms with E-state index in [4.69, 9.17) is 0 Å². The maximum atomic E-state index is 10.5. The first-order chi connectivity index (χ1) is 6.69. The number of nitrogens with zero attached hydrogens (tertiary/aromatic N) is 1. The van der Waals surface area contributed by atoms with Gasteiger partial charge in [-0.3, -0.25) is 10.1 Å². The summed E-state index contributed by atoms with van der Waals surface area (Å²) in [6.45, 7) is 2.04. The van der Waals surface area contributed by atoms with Crippen molar-refractivity contribution >= 4 is 5.69 Å². The molecule has 0 heterocycles. The Hall–Kier alpha value is -1.42. The molecule has 76 valence electrons. The van der Waals surface area contributed by atoms with Crippen molar-refractivity contribution in [3.63, 3.8) is 0 Å². The molecule has 0 radical (unpaired) electrons. The summed E-state index contributed by atoms with van der Waals surface area (Å²) in [4.78, 5) is 10.2. The van der Waals surface area contributed by atoms with Crippen molar-refractivity contribution in [2.24, 2.45) is 0 Å². The third kappa shape index (κ3) is 2.29. The van der Waals surface area contributed by atoms with Gasteiger partial charge in [-0.25, -0.2) is 0 Å². The van der Waals surface area contributed by atoms with Crippen molar-refractivity contribution in [1.82, 2.24) is 5.32 Å². The van der Waals surface area contributed by atoms with Gasteiger partial charge in [0.25, 0.3) is 5.69 Å². The zero-order chi connectivity index (χ0) is 10.6. The van der Waals surface area contributed by atoms with Crippen LogP contribution in [0.3, 0.4) is 0 Å². The van der Waals surface area contributed by atoms with Gasteiger partial charge in [-0.05, 0) is 19.0 Å². The van der Waals surface area contributed by atoms with Gasteiger partial charge < -0.3 is 5.32 Å². The normalized spacial score (nSPS) is 12.4. The topological polar surface area (TPSA) is 55.2 Å². The largest absolute Gasteiger partial charge is 0.313 e. The third-order valence-electron chi connectivity index (χ3n) is 2.24. The predicted molar refractivity (Wildman–Crippen MR) is 55.2 cm³/mol. The van der Waals surface area contributed by atoms with Crippen molar-refractivity contribution < 1.29 is 4.92 Å². The lowest BCUT2D eigenvalue weighted by Gasteiger charge is -2.13. The highest BCUT2D eigenvalue weighted by Crippen LogP contribution is 2.20. The van der Waals surface area contributed by atoms with Gasteiger partial charge in [0.1, 0.15) is 0 Å². The molecular formula is C10H14N2O2. The molecule has 0 saturated heterocycles. The van der Waals surface area contributed by atoms with Crippen molar-refractivity contribution in [1.29, 1.82) is 0 Å². The van der Waals surface area contributed by atoms with E-state index in [-0.39, 0.29) is 16.7 Å². The summed E-state index contributed by atoms with van der Waals surface area (Å²) in [6.07, 6.45) is 0.914. The van der Waals surface area contributed by atoms with E-state index >= 15 is 0 Å². The number of rotatable bonds is 4. The Labute approximate surface area is 83.1 Å². The molecule has 0 bridgehead atoms. The third-order valence-corrected chi connectivity index (χ3v) is 2.24. The first-order valence-corrected chi connectivity index (χ1v) is 4.60. The van der Waals surface area contributed by atoms with E-state index < -0.39 is 0 Å². The molecule has 0 saturated carbocycles. The second kappa shape index (κ2) is 4.72. The molecule has 1 aromatic rings. The SMILES string of the molecule is CCC(NC)c1cccc([N+](=O)[O-])c1. The highest BCUT2D eigenvalue weighted by molar-refractivity contribution is 5.35. The van der Waals surface area contributed by atoms with Crippen molar-refractivity contribution in [2.75, 3.05) is 7.05 Å². The molecule has 0 spiro atoms. The van der Waals surface area contributed by atoms with Crippen LogP contribution in [0, 0.1) is 10.1 Å². The van der Waals surface area contributed by atoms with Crippen molar-refractivity contribution in [2.45, 2.75) is 19.4 Å². The van der Waals surface area contributed by atoms with Crippen LogP contribution in [-0.2, 0) is 0 Å². The average Bonchev–Trinajstić information content (AvgIpc) is 2.20. The van der Waals surface area contributed by atoms with E-state index in [9.17, 15) is 10.1 Å². The summed E-state index contributed by atoms with van der Waals surface area (Å²) in [5.41, 5.74) is 1.11. The Morgan fingerprint density at radius 2 is 2.29 bits per heavy atom. The smallest absolute Gasteiger partial charge is 0.269 e. The summed E-state index contributed by atoms with van der Waals surface area (Å²) in [6, 6.07) is 6.93. The molecule has 1 unspecified atom stereocenters.